The van der Waals surface area contributed by atoms with Gasteiger partial charge in [0.15, 0.2) is 11.5 Å². The molecule has 0 spiro atoms. The molecule has 1 aliphatic rings. The van der Waals surface area contributed by atoms with Crippen molar-refractivity contribution in [3.05, 3.63) is 53.6 Å². The summed E-state index contributed by atoms with van der Waals surface area (Å²) in [5.41, 5.74) is 2.06. The van der Waals surface area contributed by atoms with Crippen LogP contribution in [0.3, 0.4) is 0 Å². The molecule has 2 N–H and O–H groups in total. The average molecular weight is 412 g/mol. The van der Waals surface area contributed by atoms with Crippen LogP contribution in [0.5, 0.6) is 11.5 Å². The largest absolute Gasteiger partial charge is 0.493 e. The normalized spacial score (nSPS) is 15.1. The third-order valence-corrected chi connectivity index (χ3v) is 5.34. The fourth-order valence-corrected chi connectivity index (χ4v) is 3.52. The van der Waals surface area contributed by atoms with Gasteiger partial charge in [0.1, 0.15) is 0 Å². The van der Waals surface area contributed by atoms with E-state index in [0.717, 1.165) is 38.2 Å². The number of anilines is 1. The van der Waals surface area contributed by atoms with Crippen LogP contribution in [-0.4, -0.2) is 57.1 Å². The summed E-state index contributed by atoms with van der Waals surface area (Å²) in [7, 11) is 3.08. The number of hydrogen-bond donors (Lipinski definition) is 2. The highest BCUT2D eigenvalue weighted by molar-refractivity contribution is 6.04. The third-order valence-electron chi connectivity index (χ3n) is 5.34. The van der Waals surface area contributed by atoms with Crippen molar-refractivity contribution < 1.29 is 19.1 Å². The number of carbonyl (C=O) groups is 2. The minimum absolute atomic E-state index is 0.140. The SMILES string of the molecule is COc1ccc(C(=O)Nc2ccc(C(C)C(=O)N3CCCNCC3)cc2)cc1OC. The molecule has 2 amide bonds. The van der Waals surface area contributed by atoms with Gasteiger partial charge in [-0.3, -0.25) is 9.59 Å². The minimum Gasteiger partial charge on any atom is -0.493 e. The Morgan fingerprint density at radius 1 is 1.00 bits per heavy atom. The van der Waals surface area contributed by atoms with Gasteiger partial charge >= 0.3 is 0 Å². The Balaban J connectivity index is 1.65. The second-order valence-electron chi connectivity index (χ2n) is 7.30. The maximum Gasteiger partial charge on any atom is 0.255 e. The number of hydrogen-bond acceptors (Lipinski definition) is 5. The minimum atomic E-state index is -0.245. The van der Waals surface area contributed by atoms with Crippen LogP contribution in [0.15, 0.2) is 42.5 Å². The van der Waals surface area contributed by atoms with Gasteiger partial charge in [-0.15, -0.1) is 0 Å². The van der Waals surface area contributed by atoms with Crippen molar-refractivity contribution in [1.29, 1.82) is 0 Å². The van der Waals surface area contributed by atoms with Crippen LogP contribution in [0.2, 0.25) is 0 Å². The molecule has 1 atom stereocenters. The van der Waals surface area contributed by atoms with Crippen molar-refractivity contribution in [2.75, 3.05) is 45.7 Å². The van der Waals surface area contributed by atoms with E-state index in [2.05, 4.69) is 10.6 Å². The lowest BCUT2D eigenvalue weighted by Crippen LogP contribution is -2.36. The lowest BCUT2D eigenvalue weighted by molar-refractivity contribution is -0.132. The summed E-state index contributed by atoms with van der Waals surface area (Å²) in [5.74, 6) is 0.734. The fraction of sp³-hybridized carbons (Fsp3) is 0.391. The maximum absolute atomic E-state index is 12.8. The molecule has 1 fully saturated rings. The van der Waals surface area contributed by atoms with Gasteiger partial charge in [-0.05, 0) is 55.8 Å². The average Bonchev–Trinajstić information content (AvgIpc) is 3.07. The van der Waals surface area contributed by atoms with Gasteiger partial charge in [-0.2, -0.15) is 0 Å². The predicted molar refractivity (Wildman–Crippen MR) is 116 cm³/mol. The first-order valence-corrected chi connectivity index (χ1v) is 10.2. The van der Waals surface area contributed by atoms with Crippen molar-refractivity contribution in [3.63, 3.8) is 0 Å². The summed E-state index contributed by atoms with van der Waals surface area (Å²) in [5, 5.41) is 6.19. The van der Waals surface area contributed by atoms with E-state index < -0.39 is 0 Å². The molecule has 0 aliphatic carbocycles. The molecule has 0 saturated carbocycles. The zero-order valence-electron chi connectivity index (χ0n) is 17.7. The van der Waals surface area contributed by atoms with E-state index in [4.69, 9.17) is 9.47 Å². The molecule has 2 aromatic rings. The molecule has 1 heterocycles. The number of nitrogens with zero attached hydrogens (tertiary/aromatic N) is 1. The van der Waals surface area contributed by atoms with E-state index in [-0.39, 0.29) is 17.7 Å². The molecule has 1 aliphatic heterocycles. The van der Waals surface area contributed by atoms with Crippen LogP contribution in [0.4, 0.5) is 5.69 Å². The Morgan fingerprint density at radius 3 is 2.43 bits per heavy atom. The zero-order chi connectivity index (χ0) is 21.5. The monoisotopic (exact) mass is 411 g/mol. The van der Waals surface area contributed by atoms with Crippen molar-refractivity contribution >= 4 is 17.5 Å². The van der Waals surface area contributed by atoms with Crippen LogP contribution in [0.25, 0.3) is 0 Å². The van der Waals surface area contributed by atoms with Gasteiger partial charge in [0.05, 0.1) is 20.1 Å². The number of ether oxygens (including phenoxy) is 2. The summed E-state index contributed by atoms with van der Waals surface area (Å²) < 4.78 is 10.5. The molecule has 7 heteroatoms. The highest BCUT2D eigenvalue weighted by Gasteiger charge is 2.22. The molecule has 3 rings (SSSR count). The Labute approximate surface area is 177 Å². The molecule has 160 valence electrons. The zero-order valence-corrected chi connectivity index (χ0v) is 17.7. The van der Waals surface area contributed by atoms with E-state index in [1.807, 2.05) is 36.1 Å². The van der Waals surface area contributed by atoms with Crippen LogP contribution < -0.4 is 20.1 Å². The first-order chi connectivity index (χ1) is 14.5. The first kappa shape index (κ1) is 21.6. The van der Waals surface area contributed by atoms with E-state index in [9.17, 15) is 9.59 Å². The molecule has 0 bridgehead atoms. The van der Waals surface area contributed by atoms with Crippen molar-refractivity contribution in [2.24, 2.45) is 0 Å². The number of carbonyl (C=O) groups excluding carboxylic acids is 2. The van der Waals surface area contributed by atoms with Crippen LogP contribution in [0.1, 0.15) is 35.2 Å². The number of rotatable bonds is 6. The van der Waals surface area contributed by atoms with Crippen LogP contribution in [-0.2, 0) is 4.79 Å². The van der Waals surface area contributed by atoms with E-state index >= 15 is 0 Å². The molecule has 30 heavy (non-hydrogen) atoms. The number of nitrogens with one attached hydrogen (secondary N) is 2. The Morgan fingerprint density at radius 2 is 1.73 bits per heavy atom. The van der Waals surface area contributed by atoms with E-state index in [1.165, 1.54) is 7.11 Å². The second-order valence-corrected chi connectivity index (χ2v) is 7.30. The standard InChI is InChI=1S/C23H29N3O4/c1-16(23(28)26-13-4-11-24-12-14-26)17-5-8-19(9-6-17)25-22(27)18-7-10-20(29-2)21(15-18)30-3/h5-10,15-16,24H,4,11-14H2,1-3H3,(H,25,27). The van der Waals surface area contributed by atoms with Gasteiger partial charge in [0.25, 0.3) is 5.91 Å². The van der Waals surface area contributed by atoms with Crippen molar-refractivity contribution in [2.45, 2.75) is 19.3 Å². The van der Waals surface area contributed by atoms with E-state index in [0.29, 0.717) is 22.7 Å². The van der Waals surface area contributed by atoms with Gasteiger partial charge in [-0.25, -0.2) is 0 Å². The van der Waals surface area contributed by atoms with E-state index in [1.54, 1.807) is 25.3 Å². The quantitative estimate of drug-likeness (QED) is 0.764. The second kappa shape index (κ2) is 10.1. The van der Waals surface area contributed by atoms with Gasteiger partial charge in [0, 0.05) is 30.9 Å². The van der Waals surface area contributed by atoms with Crippen molar-refractivity contribution in [1.82, 2.24) is 10.2 Å². The molecule has 2 aromatic carbocycles. The lowest BCUT2D eigenvalue weighted by atomic mass is 9.99. The van der Waals surface area contributed by atoms with Gasteiger partial charge in [-0.1, -0.05) is 12.1 Å². The summed E-state index contributed by atoms with van der Waals surface area (Å²) in [6.45, 7) is 5.24. The highest BCUT2D eigenvalue weighted by atomic mass is 16.5. The van der Waals surface area contributed by atoms with Crippen molar-refractivity contribution in [3.8, 4) is 11.5 Å². The number of amides is 2. The fourth-order valence-electron chi connectivity index (χ4n) is 3.52. The summed E-state index contributed by atoms with van der Waals surface area (Å²) >= 11 is 0. The Hall–Kier alpha value is -3.06. The number of benzene rings is 2. The Kier molecular flexibility index (Phi) is 7.30. The van der Waals surface area contributed by atoms with Crippen LogP contribution in [0, 0.1) is 0 Å². The molecule has 1 unspecified atom stereocenters. The predicted octanol–water partition coefficient (Wildman–Crippen LogP) is 2.88. The topological polar surface area (TPSA) is 79.9 Å². The summed E-state index contributed by atoms with van der Waals surface area (Å²) in [4.78, 5) is 27.3. The van der Waals surface area contributed by atoms with Gasteiger partial charge < -0.3 is 25.0 Å². The summed E-state index contributed by atoms with van der Waals surface area (Å²) in [6, 6.07) is 12.4. The van der Waals surface area contributed by atoms with Gasteiger partial charge in [0.2, 0.25) is 5.91 Å². The number of methoxy groups -OCH3 is 2. The molecule has 7 nitrogen and oxygen atoms in total. The lowest BCUT2D eigenvalue weighted by Gasteiger charge is -2.24. The molecule has 0 radical (unpaired) electrons. The molecule has 1 saturated heterocycles. The smallest absolute Gasteiger partial charge is 0.255 e. The molecular formula is C23H29N3O4. The summed E-state index contributed by atoms with van der Waals surface area (Å²) in [6.07, 6.45) is 0.972. The third kappa shape index (κ3) is 5.10. The first-order valence-electron chi connectivity index (χ1n) is 10.2. The Bertz CT molecular complexity index is 875. The van der Waals surface area contributed by atoms with Crippen LogP contribution >= 0.6 is 0 Å². The highest BCUT2D eigenvalue weighted by Crippen LogP contribution is 2.28. The maximum atomic E-state index is 12.8. The molecule has 0 aromatic heterocycles. The molecular weight excluding hydrogens is 382 g/mol.